The van der Waals surface area contributed by atoms with E-state index in [1.807, 2.05) is 4.90 Å². The molecule has 1 heterocycles. The van der Waals surface area contributed by atoms with Gasteiger partial charge in [-0.25, -0.2) is 0 Å². The van der Waals surface area contributed by atoms with Crippen LogP contribution in [-0.4, -0.2) is 53.5 Å². The first-order chi connectivity index (χ1) is 7.82. The molecule has 1 aliphatic heterocycles. The molecule has 17 heavy (non-hydrogen) atoms. The van der Waals surface area contributed by atoms with Gasteiger partial charge in [-0.2, -0.15) is 0 Å². The van der Waals surface area contributed by atoms with Gasteiger partial charge in [0.1, 0.15) is 0 Å². The molecular weight excluding hydrogens is 214 g/mol. The molecule has 0 unspecified atom stereocenters. The minimum absolute atomic E-state index is 0.0787. The number of nitrogens with zero attached hydrogens (tertiary/aromatic N) is 2. The number of carbonyl (C=O) groups excluding carboxylic acids is 1. The summed E-state index contributed by atoms with van der Waals surface area (Å²) in [6.07, 6.45) is 3.73. The zero-order valence-electron chi connectivity index (χ0n) is 11.3. The van der Waals surface area contributed by atoms with Gasteiger partial charge < -0.3 is 10.6 Å². The zero-order chi connectivity index (χ0) is 12.7. The maximum Gasteiger partial charge on any atom is 0.224 e. The third-order valence-corrected chi connectivity index (χ3v) is 4.52. The molecule has 0 radical (unpaired) electrons. The van der Waals surface area contributed by atoms with Crippen LogP contribution >= 0.6 is 0 Å². The van der Waals surface area contributed by atoms with E-state index in [2.05, 4.69) is 25.8 Å². The Balaban J connectivity index is 1.92. The van der Waals surface area contributed by atoms with Crippen LogP contribution in [0.1, 0.15) is 39.5 Å². The normalized spacial score (nSPS) is 27.6. The van der Waals surface area contributed by atoms with Crippen LogP contribution < -0.4 is 5.73 Å². The largest absolute Gasteiger partial charge is 0.340 e. The van der Waals surface area contributed by atoms with Crippen LogP contribution in [-0.2, 0) is 4.79 Å². The molecule has 0 aromatic carbocycles. The number of hydrogen-bond donors (Lipinski definition) is 1. The molecule has 0 aromatic rings. The van der Waals surface area contributed by atoms with Crippen molar-refractivity contribution in [1.82, 2.24) is 9.80 Å². The third-order valence-electron chi connectivity index (χ3n) is 4.52. The van der Waals surface area contributed by atoms with Gasteiger partial charge in [-0.3, -0.25) is 9.69 Å². The maximum absolute atomic E-state index is 12.2. The van der Waals surface area contributed by atoms with Crippen LogP contribution in [0.25, 0.3) is 0 Å². The molecule has 0 atom stereocenters. The summed E-state index contributed by atoms with van der Waals surface area (Å²) in [5, 5.41) is 0. The number of carbonyl (C=O) groups is 1. The van der Waals surface area contributed by atoms with Crippen molar-refractivity contribution in [2.45, 2.75) is 50.6 Å². The molecule has 1 saturated heterocycles. The topological polar surface area (TPSA) is 49.6 Å². The molecular formula is C13H25N3O. The number of hydrogen-bond acceptors (Lipinski definition) is 3. The lowest BCUT2D eigenvalue weighted by atomic mass is 9.75. The van der Waals surface area contributed by atoms with E-state index in [0.717, 1.165) is 32.5 Å². The first-order valence-corrected chi connectivity index (χ1v) is 6.60. The Labute approximate surface area is 104 Å². The highest BCUT2D eigenvalue weighted by atomic mass is 16.2. The highest BCUT2D eigenvalue weighted by molar-refractivity contribution is 5.78. The van der Waals surface area contributed by atoms with Gasteiger partial charge in [-0.05, 0) is 40.2 Å². The van der Waals surface area contributed by atoms with Crippen molar-refractivity contribution >= 4 is 5.91 Å². The Morgan fingerprint density at radius 2 is 1.94 bits per heavy atom. The number of amides is 1. The van der Waals surface area contributed by atoms with Crippen molar-refractivity contribution in [1.29, 1.82) is 0 Å². The zero-order valence-corrected chi connectivity index (χ0v) is 11.3. The van der Waals surface area contributed by atoms with Gasteiger partial charge in [0.25, 0.3) is 0 Å². The van der Waals surface area contributed by atoms with Crippen molar-refractivity contribution in [2.24, 2.45) is 5.73 Å². The van der Waals surface area contributed by atoms with E-state index in [-0.39, 0.29) is 17.0 Å². The lowest BCUT2D eigenvalue weighted by molar-refractivity contribution is -0.137. The van der Waals surface area contributed by atoms with Crippen LogP contribution in [0.15, 0.2) is 0 Å². The van der Waals surface area contributed by atoms with Crippen molar-refractivity contribution in [3.8, 4) is 0 Å². The van der Waals surface area contributed by atoms with Crippen LogP contribution in [0.4, 0.5) is 0 Å². The molecule has 0 bridgehead atoms. The van der Waals surface area contributed by atoms with E-state index in [0.29, 0.717) is 6.42 Å². The summed E-state index contributed by atoms with van der Waals surface area (Å²) in [6, 6.07) is 0. The fourth-order valence-corrected chi connectivity index (χ4v) is 2.67. The lowest BCUT2D eigenvalue weighted by Gasteiger charge is -2.46. The fourth-order valence-electron chi connectivity index (χ4n) is 2.67. The Bertz CT molecular complexity index is 310. The summed E-state index contributed by atoms with van der Waals surface area (Å²) in [5.41, 5.74) is 6.04. The second-order valence-corrected chi connectivity index (χ2v) is 6.44. The molecule has 4 nitrogen and oxygen atoms in total. The summed E-state index contributed by atoms with van der Waals surface area (Å²) in [6.45, 7) is 6.99. The van der Waals surface area contributed by atoms with E-state index < -0.39 is 0 Å². The monoisotopic (exact) mass is 239 g/mol. The fraction of sp³-hybridized carbons (Fsp3) is 0.923. The molecule has 2 fully saturated rings. The summed E-state index contributed by atoms with van der Waals surface area (Å²) >= 11 is 0. The van der Waals surface area contributed by atoms with Crippen LogP contribution in [0.3, 0.4) is 0 Å². The van der Waals surface area contributed by atoms with E-state index >= 15 is 0 Å². The summed E-state index contributed by atoms with van der Waals surface area (Å²) in [5.74, 6) is 0.244. The molecule has 2 aliphatic rings. The molecule has 2 rings (SSSR count). The van der Waals surface area contributed by atoms with E-state index in [9.17, 15) is 4.79 Å². The van der Waals surface area contributed by atoms with Crippen molar-refractivity contribution in [2.75, 3.05) is 26.7 Å². The molecule has 1 saturated carbocycles. The summed E-state index contributed by atoms with van der Waals surface area (Å²) < 4.78 is 0. The number of piperazine rings is 1. The van der Waals surface area contributed by atoms with Gasteiger partial charge in [-0.15, -0.1) is 0 Å². The molecule has 4 heteroatoms. The van der Waals surface area contributed by atoms with Crippen LogP contribution in [0, 0.1) is 0 Å². The average Bonchev–Trinajstić information content (AvgIpc) is 2.19. The number of nitrogens with two attached hydrogens (primary N) is 1. The average molecular weight is 239 g/mol. The Kier molecular flexibility index (Phi) is 3.21. The standard InChI is InChI=1S/C13H25N3O/c1-12(2)10-16(8-7-15(12)3)11(17)9-13(14)5-4-6-13/h4-10,14H2,1-3H3. The molecule has 0 aromatic heterocycles. The van der Waals surface area contributed by atoms with Crippen molar-refractivity contribution < 1.29 is 4.79 Å². The highest BCUT2D eigenvalue weighted by Gasteiger charge is 2.38. The smallest absolute Gasteiger partial charge is 0.224 e. The first kappa shape index (κ1) is 12.8. The van der Waals surface area contributed by atoms with Gasteiger partial charge in [0.2, 0.25) is 5.91 Å². The summed E-state index contributed by atoms with van der Waals surface area (Å²) in [7, 11) is 2.12. The van der Waals surface area contributed by atoms with Gasteiger partial charge >= 0.3 is 0 Å². The molecule has 1 aliphatic carbocycles. The molecule has 0 spiro atoms. The molecule has 98 valence electrons. The highest BCUT2D eigenvalue weighted by Crippen LogP contribution is 2.33. The van der Waals surface area contributed by atoms with Gasteiger partial charge in [0.05, 0.1) is 0 Å². The second kappa shape index (κ2) is 4.25. The molecule has 2 N–H and O–H groups in total. The predicted octanol–water partition coefficient (Wildman–Crippen LogP) is 0.811. The molecule has 1 amide bonds. The summed E-state index contributed by atoms with van der Waals surface area (Å²) in [4.78, 5) is 16.5. The predicted molar refractivity (Wildman–Crippen MR) is 68.7 cm³/mol. The first-order valence-electron chi connectivity index (χ1n) is 6.60. The van der Waals surface area contributed by atoms with Crippen molar-refractivity contribution in [3.63, 3.8) is 0 Å². The van der Waals surface area contributed by atoms with Crippen LogP contribution in [0.2, 0.25) is 0 Å². The quantitative estimate of drug-likeness (QED) is 0.776. The lowest BCUT2D eigenvalue weighted by Crippen LogP contribution is -2.60. The Hall–Kier alpha value is -0.610. The Morgan fingerprint density at radius 3 is 2.41 bits per heavy atom. The van der Waals surface area contributed by atoms with Gasteiger partial charge in [0, 0.05) is 37.1 Å². The minimum Gasteiger partial charge on any atom is -0.340 e. The third kappa shape index (κ3) is 2.63. The Morgan fingerprint density at radius 1 is 1.29 bits per heavy atom. The van der Waals surface area contributed by atoms with Gasteiger partial charge in [0.15, 0.2) is 0 Å². The van der Waals surface area contributed by atoms with E-state index in [1.165, 1.54) is 6.42 Å². The van der Waals surface area contributed by atoms with Crippen LogP contribution in [0.5, 0.6) is 0 Å². The SMILES string of the molecule is CN1CCN(C(=O)CC2(N)CCC2)CC1(C)C. The minimum atomic E-state index is -0.190. The second-order valence-electron chi connectivity index (χ2n) is 6.44. The van der Waals surface area contributed by atoms with Crippen molar-refractivity contribution in [3.05, 3.63) is 0 Å². The number of rotatable bonds is 2. The van der Waals surface area contributed by atoms with Gasteiger partial charge in [-0.1, -0.05) is 0 Å². The maximum atomic E-state index is 12.2. The van der Waals surface area contributed by atoms with E-state index in [4.69, 9.17) is 5.73 Å². The van der Waals surface area contributed by atoms with E-state index in [1.54, 1.807) is 0 Å². The number of likely N-dealkylation sites (N-methyl/N-ethyl adjacent to an activating group) is 1.